The lowest BCUT2D eigenvalue weighted by Crippen LogP contribution is -1.97. The van der Waals surface area contributed by atoms with Crippen molar-refractivity contribution in [2.45, 2.75) is 20.8 Å². The minimum absolute atomic E-state index is 0.238. The molecule has 0 radical (unpaired) electrons. The first kappa shape index (κ1) is 7.03. The van der Waals surface area contributed by atoms with E-state index in [4.69, 9.17) is 11.6 Å². The molecule has 0 fully saturated rings. The van der Waals surface area contributed by atoms with E-state index in [0.717, 1.165) is 0 Å². The van der Waals surface area contributed by atoms with E-state index in [9.17, 15) is 0 Å². The van der Waals surface area contributed by atoms with Gasteiger partial charge in [-0.25, -0.2) is 0 Å². The Hall–Kier alpha value is 0.0300. The zero-order valence-electron chi connectivity index (χ0n) is 5.03. The smallest absolute Gasteiger partial charge is 0.000774 e. The zero-order valence-corrected chi connectivity index (χ0v) is 5.79. The van der Waals surface area contributed by atoms with Crippen LogP contribution in [-0.2, 0) is 0 Å². The maximum atomic E-state index is 5.31. The number of allylic oxidation sites excluding steroid dienone is 1. The van der Waals surface area contributed by atoms with Gasteiger partial charge in [0, 0.05) is 5.54 Å². The van der Waals surface area contributed by atoms with Crippen molar-refractivity contribution in [3.63, 3.8) is 0 Å². The van der Waals surface area contributed by atoms with Crippen molar-refractivity contribution in [1.82, 2.24) is 0 Å². The van der Waals surface area contributed by atoms with Gasteiger partial charge in [0.15, 0.2) is 0 Å². The Balaban J connectivity index is 3.56. The van der Waals surface area contributed by atoms with Gasteiger partial charge in [-0.1, -0.05) is 38.4 Å². The van der Waals surface area contributed by atoms with Crippen LogP contribution in [0.1, 0.15) is 20.8 Å². The molecular formula is C6H11Cl. The summed E-state index contributed by atoms with van der Waals surface area (Å²) in [6.07, 6.45) is 1.95. The zero-order chi connectivity index (χ0) is 5.91. The first-order chi connectivity index (χ1) is 3.06. The lowest BCUT2D eigenvalue weighted by atomic mass is 9.98. The van der Waals surface area contributed by atoms with Gasteiger partial charge in [-0.15, -0.1) is 0 Å². The van der Waals surface area contributed by atoms with E-state index in [2.05, 4.69) is 20.8 Å². The summed E-state index contributed by atoms with van der Waals surface area (Å²) in [6.45, 7) is 6.31. The minimum Gasteiger partial charge on any atom is -0.0933 e. The van der Waals surface area contributed by atoms with Crippen molar-refractivity contribution >= 4 is 11.6 Å². The average molecular weight is 119 g/mol. The van der Waals surface area contributed by atoms with E-state index >= 15 is 0 Å². The molecule has 42 valence electrons. The number of hydrogen-bond donors (Lipinski definition) is 0. The first-order valence-corrected chi connectivity index (χ1v) is 2.78. The van der Waals surface area contributed by atoms with Gasteiger partial charge in [-0.05, 0) is 5.41 Å². The Labute approximate surface area is 50.2 Å². The lowest BCUT2D eigenvalue weighted by Gasteiger charge is -2.08. The molecule has 0 aromatic heterocycles. The molecular weight excluding hydrogens is 108 g/mol. The van der Waals surface area contributed by atoms with Gasteiger partial charge in [0.2, 0.25) is 0 Å². The average Bonchev–Trinajstić information content (AvgIpc) is 1.30. The molecule has 0 unspecified atom stereocenters. The molecule has 1 heteroatoms. The molecule has 0 saturated heterocycles. The van der Waals surface area contributed by atoms with E-state index < -0.39 is 0 Å². The van der Waals surface area contributed by atoms with Crippen LogP contribution in [0.2, 0.25) is 0 Å². The van der Waals surface area contributed by atoms with E-state index in [1.807, 2.05) is 6.08 Å². The quantitative estimate of drug-likeness (QED) is 0.459. The normalized spacial score (nSPS) is 13.1. The van der Waals surface area contributed by atoms with Crippen LogP contribution in [-0.4, -0.2) is 0 Å². The predicted octanol–water partition coefficient (Wildman–Crippen LogP) is 2.79. The monoisotopic (exact) mass is 118 g/mol. The predicted molar refractivity (Wildman–Crippen MR) is 34.4 cm³/mol. The second-order valence-corrected chi connectivity index (χ2v) is 2.91. The van der Waals surface area contributed by atoms with Gasteiger partial charge < -0.3 is 0 Å². The Morgan fingerprint density at radius 1 is 1.29 bits per heavy atom. The van der Waals surface area contributed by atoms with Crippen LogP contribution in [0.25, 0.3) is 0 Å². The summed E-state index contributed by atoms with van der Waals surface area (Å²) in [4.78, 5) is 0. The maximum absolute atomic E-state index is 5.31. The highest BCUT2D eigenvalue weighted by Crippen LogP contribution is 2.14. The molecule has 0 aliphatic heterocycles. The van der Waals surface area contributed by atoms with Crippen LogP contribution in [0.3, 0.4) is 0 Å². The minimum atomic E-state index is 0.238. The van der Waals surface area contributed by atoms with Gasteiger partial charge in [0.05, 0.1) is 0 Å². The summed E-state index contributed by atoms with van der Waals surface area (Å²) in [7, 11) is 0. The second kappa shape index (κ2) is 2.37. The van der Waals surface area contributed by atoms with Crippen LogP contribution < -0.4 is 0 Å². The van der Waals surface area contributed by atoms with Gasteiger partial charge in [0.25, 0.3) is 0 Å². The highest BCUT2D eigenvalue weighted by molar-refractivity contribution is 6.25. The lowest BCUT2D eigenvalue weighted by molar-refractivity contribution is 0.545. The third-order valence-electron chi connectivity index (χ3n) is 0.563. The Bertz CT molecular complexity index is 66.7. The second-order valence-electron chi connectivity index (χ2n) is 2.66. The highest BCUT2D eigenvalue weighted by Gasteiger charge is 2.01. The van der Waals surface area contributed by atoms with Crippen LogP contribution in [0.4, 0.5) is 0 Å². The fraction of sp³-hybridized carbons (Fsp3) is 0.667. The third-order valence-corrected chi connectivity index (χ3v) is 0.689. The number of halogens is 1. The molecule has 0 spiro atoms. The van der Waals surface area contributed by atoms with Crippen LogP contribution in [0, 0.1) is 5.41 Å². The molecule has 0 bridgehead atoms. The summed E-state index contributed by atoms with van der Waals surface area (Å²) in [5, 5.41) is 0. The molecule has 0 aliphatic carbocycles. The van der Waals surface area contributed by atoms with Gasteiger partial charge in [-0.2, -0.15) is 0 Å². The summed E-state index contributed by atoms with van der Waals surface area (Å²) in [6, 6.07) is 0. The summed E-state index contributed by atoms with van der Waals surface area (Å²) >= 11 is 5.31. The highest BCUT2D eigenvalue weighted by atomic mass is 35.5. The standard InChI is InChI=1S/C6H11Cl/c1-6(2,3)4-5-7/h4-5H,1-3H3. The van der Waals surface area contributed by atoms with E-state index in [1.54, 1.807) is 5.54 Å². The summed E-state index contributed by atoms with van der Waals surface area (Å²) in [5.41, 5.74) is 1.79. The maximum Gasteiger partial charge on any atom is 0.000774 e. The Morgan fingerprint density at radius 2 is 1.71 bits per heavy atom. The number of rotatable bonds is 0. The van der Waals surface area contributed by atoms with Crippen molar-refractivity contribution in [1.29, 1.82) is 0 Å². The van der Waals surface area contributed by atoms with Gasteiger partial charge >= 0.3 is 0 Å². The van der Waals surface area contributed by atoms with E-state index in [-0.39, 0.29) is 5.41 Å². The SMILES string of the molecule is CC(C)(C)C=CCl. The van der Waals surface area contributed by atoms with Crippen LogP contribution in [0.5, 0.6) is 0 Å². The summed E-state index contributed by atoms with van der Waals surface area (Å²) < 4.78 is 0. The van der Waals surface area contributed by atoms with Crippen molar-refractivity contribution in [3.05, 3.63) is 11.6 Å². The fourth-order valence-electron chi connectivity index (χ4n) is 0.189. The molecule has 0 amide bonds. The molecule has 0 nitrogen and oxygen atoms in total. The molecule has 7 heavy (non-hydrogen) atoms. The largest absolute Gasteiger partial charge is 0.0933 e. The van der Waals surface area contributed by atoms with Gasteiger partial charge in [-0.3, -0.25) is 0 Å². The molecule has 0 rings (SSSR count). The fourth-order valence-corrected chi connectivity index (χ4v) is 0.567. The summed E-state index contributed by atoms with van der Waals surface area (Å²) in [5.74, 6) is 0. The Morgan fingerprint density at radius 3 is 1.71 bits per heavy atom. The molecule has 0 saturated carbocycles. The molecule has 0 aromatic rings. The Kier molecular flexibility index (Phi) is 2.38. The molecule has 0 N–H and O–H groups in total. The van der Waals surface area contributed by atoms with Gasteiger partial charge in [0.1, 0.15) is 0 Å². The number of hydrogen-bond acceptors (Lipinski definition) is 0. The molecule has 0 heterocycles. The molecule has 0 atom stereocenters. The van der Waals surface area contributed by atoms with E-state index in [1.165, 1.54) is 0 Å². The third kappa shape index (κ3) is 6.03. The van der Waals surface area contributed by atoms with Crippen molar-refractivity contribution in [3.8, 4) is 0 Å². The van der Waals surface area contributed by atoms with Crippen molar-refractivity contribution in [2.24, 2.45) is 5.41 Å². The van der Waals surface area contributed by atoms with Crippen LogP contribution >= 0.6 is 11.6 Å². The topological polar surface area (TPSA) is 0 Å². The van der Waals surface area contributed by atoms with E-state index in [0.29, 0.717) is 0 Å². The first-order valence-electron chi connectivity index (χ1n) is 2.34. The van der Waals surface area contributed by atoms with Crippen molar-refractivity contribution < 1.29 is 0 Å². The van der Waals surface area contributed by atoms with Crippen LogP contribution in [0.15, 0.2) is 11.6 Å². The molecule has 0 aliphatic rings. The van der Waals surface area contributed by atoms with Crippen molar-refractivity contribution in [2.75, 3.05) is 0 Å². The molecule has 0 aromatic carbocycles.